The highest BCUT2D eigenvalue weighted by molar-refractivity contribution is 6.05. The van der Waals surface area contributed by atoms with Crippen molar-refractivity contribution in [3.63, 3.8) is 0 Å². The molecule has 2 aromatic carbocycles. The molecule has 0 unspecified atom stereocenters. The maximum Gasteiger partial charge on any atom is 0.343 e. The van der Waals surface area contributed by atoms with Crippen molar-refractivity contribution in [2.45, 2.75) is 0 Å². The first-order valence-corrected chi connectivity index (χ1v) is 7.66. The molecule has 1 aliphatic rings. The first-order valence-electron chi connectivity index (χ1n) is 7.66. The fourth-order valence-electron chi connectivity index (χ4n) is 2.49. The maximum absolute atomic E-state index is 12.2. The van der Waals surface area contributed by atoms with Crippen molar-refractivity contribution < 1.29 is 23.7 Å². The number of carbonyl (C=O) groups excluding carboxylic acids is 1. The molecule has 5 nitrogen and oxygen atoms in total. The summed E-state index contributed by atoms with van der Waals surface area (Å²) < 4.78 is 21.0. The number of methoxy groups -OCH3 is 3. The Morgan fingerprint density at radius 2 is 1.56 bits per heavy atom. The second kappa shape index (κ2) is 7.13. The lowest BCUT2D eigenvalue weighted by molar-refractivity contribution is -0.130. The molecule has 0 saturated heterocycles. The van der Waals surface area contributed by atoms with E-state index in [1.165, 1.54) is 0 Å². The van der Waals surface area contributed by atoms with Crippen LogP contribution in [0.25, 0.3) is 11.8 Å². The predicted octanol–water partition coefficient (Wildman–Crippen LogP) is 3.69. The summed E-state index contributed by atoms with van der Waals surface area (Å²) in [6, 6.07) is 12.7. The van der Waals surface area contributed by atoms with Crippen molar-refractivity contribution in [2.24, 2.45) is 0 Å². The van der Waals surface area contributed by atoms with E-state index in [2.05, 4.69) is 0 Å². The molecule has 0 N–H and O–H groups in total. The van der Waals surface area contributed by atoms with Crippen molar-refractivity contribution in [3.8, 4) is 17.2 Å². The van der Waals surface area contributed by atoms with Crippen molar-refractivity contribution in [3.05, 3.63) is 65.2 Å². The number of ether oxygens (including phenoxy) is 4. The summed E-state index contributed by atoms with van der Waals surface area (Å²) in [6.45, 7) is 0. The minimum Gasteiger partial charge on any atom is -0.497 e. The van der Waals surface area contributed by atoms with Gasteiger partial charge < -0.3 is 18.9 Å². The van der Waals surface area contributed by atoms with Gasteiger partial charge in [-0.3, -0.25) is 0 Å². The van der Waals surface area contributed by atoms with Gasteiger partial charge in [0.15, 0.2) is 0 Å². The largest absolute Gasteiger partial charge is 0.497 e. The standard InChI is InChI=1S/C20H18O5/c1-22-16-7-4-13(5-8-16)19-11-15(20(21)25-19)10-14-6-9-17(23-2)12-18(14)24-3/h4-12H,1-3H3/b15-10-. The molecule has 0 radical (unpaired) electrons. The molecule has 128 valence electrons. The van der Waals surface area contributed by atoms with E-state index in [4.69, 9.17) is 18.9 Å². The van der Waals surface area contributed by atoms with E-state index in [-0.39, 0.29) is 0 Å². The maximum atomic E-state index is 12.2. The molecular formula is C20H18O5. The monoisotopic (exact) mass is 338 g/mol. The summed E-state index contributed by atoms with van der Waals surface area (Å²) in [4.78, 5) is 12.2. The quantitative estimate of drug-likeness (QED) is 0.615. The van der Waals surface area contributed by atoms with E-state index < -0.39 is 5.97 Å². The Hall–Kier alpha value is -3.21. The van der Waals surface area contributed by atoms with Crippen LogP contribution in [0.15, 0.2) is 54.1 Å². The Kier molecular flexibility index (Phi) is 4.75. The average molecular weight is 338 g/mol. The topological polar surface area (TPSA) is 54.0 Å². The number of rotatable bonds is 5. The van der Waals surface area contributed by atoms with Crippen LogP contribution in [0.5, 0.6) is 17.2 Å². The molecule has 25 heavy (non-hydrogen) atoms. The molecule has 1 heterocycles. The minimum absolute atomic E-state index is 0.399. The fraction of sp³-hybridized carbons (Fsp3) is 0.150. The average Bonchev–Trinajstić information content (AvgIpc) is 3.02. The highest BCUT2D eigenvalue weighted by Crippen LogP contribution is 2.31. The molecule has 0 aliphatic carbocycles. The molecular weight excluding hydrogens is 320 g/mol. The van der Waals surface area contributed by atoms with Crippen molar-refractivity contribution in [1.29, 1.82) is 0 Å². The van der Waals surface area contributed by atoms with Crippen LogP contribution in [-0.4, -0.2) is 27.3 Å². The molecule has 0 atom stereocenters. The number of carbonyl (C=O) groups is 1. The number of hydrogen-bond acceptors (Lipinski definition) is 5. The van der Waals surface area contributed by atoms with E-state index in [0.29, 0.717) is 22.8 Å². The van der Waals surface area contributed by atoms with Crippen LogP contribution in [0, 0.1) is 0 Å². The fourth-order valence-corrected chi connectivity index (χ4v) is 2.49. The summed E-state index contributed by atoms with van der Waals surface area (Å²) in [5, 5.41) is 0. The summed E-state index contributed by atoms with van der Waals surface area (Å²) >= 11 is 0. The first kappa shape index (κ1) is 16.6. The van der Waals surface area contributed by atoms with Gasteiger partial charge in [-0.05, 0) is 48.6 Å². The SMILES string of the molecule is COc1ccc(C2=C/C(=C/c3ccc(OC)cc3OC)C(=O)O2)cc1. The van der Waals surface area contributed by atoms with Gasteiger partial charge in [0.05, 0.1) is 26.9 Å². The Labute approximate surface area is 146 Å². The van der Waals surface area contributed by atoms with E-state index in [1.807, 2.05) is 36.4 Å². The van der Waals surface area contributed by atoms with Crippen LogP contribution in [0.4, 0.5) is 0 Å². The van der Waals surface area contributed by atoms with Gasteiger partial charge in [-0.25, -0.2) is 4.79 Å². The van der Waals surface area contributed by atoms with Crippen LogP contribution in [0.1, 0.15) is 11.1 Å². The Morgan fingerprint density at radius 1 is 0.880 bits per heavy atom. The third kappa shape index (κ3) is 3.50. The smallest absolute Gasteiger partial charge is 0.343 e. The third-order valence-corrected chi connectivity index (χ3v) is 3.85. The van der Waals surface area contributed by atoms with Crippen LogP contribution < -0.4 is 14.2 Å². The molecule has 0 bridgehead atoms. The van der Waals surface area contributed by atoms with Crippen LogP contribution >= 0.6 is 0 Å². The molecule has 1 aliphatic heterocycles. The number of cyclic esters (lactones) is 1. The summed E-state index contributed by atoms with van der Waals surface area (Å²) in [5.41, 5.74) is 2.02. The van der Waals surface area contributed by atoms with Gasteiger partial charge >= 0.3 is 5.97 Å². The van der Waals surface area contributed by atoms with Gasteiger partial charge in [0.1, 0.15) is 23.0 Å². The molecule has 2 aromatic rings. The van der Waals surface area contributed by atoms with Gasteiger partial charge in [0, 0.05) is 17.2 Å². The summed E-state index contributed by atoms with van der Waals surface area (Å²) in [6.07, 6.45) is 3.45. The van der Waals surface area contributed by atoms with E-state index in [9.17, 15) is 4.79 Å². The Bertz CT molecular complexity index is 847. The van der Waals surface area contributed by atoms with E-state index in [0.717, 1.165) is 16.9 Å². The number of hydrogen-bond donors (Lipinski definition) is 0. The lowest BCUT2D eigenvalue weighted by atomic mass is 10.1. The second-order valence-corrected chi connectivity index (χ2v) is 5.33. The van der Waals surface area contributed by atoms with Gasteiger partial charge in [0.25, 0.3) is 0 Å². The third-order valence-electron chi connectivity index (χ3n) is 3.85. The number of esters is 1. The lowest BCUT2D eigenvalue weighted by Crippen LogP contribution is -1.98. The van der Waals surface area contributed by atoms with Crippen molar-refractivity contribution >= 4 is 17.8 Å². The van der Waals surface area contributed by atoms with Crippen LogP contribution in [0.3, 0.4) is 0 Å². The highest BCUT2D eigenvalue weighted by Gasteiger charge is 2.22. The van der Waals surface area contributed by atoms with Gasteiger partial charge in [-0.15, -0.1) is 0 Å². The van der Waals surface area contributed by atoms with Crippen molar-refractivity contribution in [2.75, 3.05) is 21.3 Å². The van der Waals surface area contributed by atoms with Gasteiger partial charge in [-0.1, -0.05) is 0 Å². The molecule has 0 aromatic heterocycles. The van der Waals surface area contributed by atoms with Crippen LogP contribution in [0.2, 0.25) is 0 Å². The highest BCUT2D eigenvalue weighted by atomic mass is 16.5. The molecule has 3 rings (SSSR count). The normalized spacial score (nSPS) is 14.9. The zero-order chi connectivity index (χ0) is 17.8. The van der Waals surface area contributed by atoms with Gasteiger partial charge in [0.2, 0.25) is 0 Å². The van der Waals surface area contributed by atoms with Crippen molar-refractivity contribution in [1.82, 2.24) is 0 Å². The molecule has 5 heteroatoms. The number of benzene rings is 2. The van der Waals surface area contributed by atoms with E-state index in [1.54, 1.807) is 39.5 Å². The van der Waals surface area contributed by atoms with Gasteiger partial charge in [-0.2, -0.15) is 0 Å². The Balaban J connectivity index is 1.92. The lowest BCUT2D eigenvalue weighted by Gasteiger charge is -2.07. The summed E-state index contributed by atoms with van der Waals surface area (Å²) in [5.74, 6) is 2.15. The minimum atomic E-state index is -0.399. The molecule has 0 fully saturated rings. The van der Waals surface area contributed by atoms with Crippen LogP contribution in [-0.2, 0) is 9.53 Å². The predicted molar refractivity (Wildman–Crippen MR) is 94.6 cm³/mol. The van der Waals surface area contributed by atoms with E-state index >= 15 is 0 Å². The summed E-state index contributed by atoms with van der Waals surface area (Å²) in [7, 11) is 4.76. The molecule has 0 amide bonds. The molecule has 0 saturated carbocycles. The first-order chi connectivity index (χ1) is 12.1. The second-order valence-electron chi connectivity index (χ2n) is 5.33. The zero-order valence-corrected chi connectivity index (χ0v) is 14.2. The molecule has 0 spiro atoms. The Morgan fingerprint density at radius 3 is 2.20 bits per heavy atom. The zero-order valence-electron chi connectivity index (χ0n) is 14.2.